The molecule has 2 aromatic rings. The van der Waals surface area contributed by atoms with Crippen LogP contribution in [0.2, 0.25) is 0 Å². The minimum absolute atomic E-state index is 0.112. The largest absolute Gasteiger partial charge is 0.460 e. The quantitative estimate of drug-likeness (QED) is 0.757. The van der Waals surface area contributed by atoms with Gasteiger partial charge in [0.2, 0.25) is 5.91 Å². The van der Waals surface area contributed by atoms with E-state index in [1.165, 1.54) is 0 Å². The van der Waals surface area contributed by atoms with Crippen LogP contribution in [0, 0.1) is 0 Å². The molecule has 2 rings (SSSR count). The lowest BCUT2D eigenvalue weighted by atomic mass is 9.94. The maximum atomic E-state index is 12.4. The number of benzene rings is 2. The van der Waals surface area contributed by atoms with Crippen molar-refractivity contribution in [2.24, 2.45) is 0 Å². The number of hydrogen-bond acceptors (Lipinski definition) is 3. The molecule has 0 saturated carbocycles. The zero-order valence-electron chi connectivity index (χ0n) is 13.9. The summed E-state index contributed by atoms with van der Waals surface area (Å²) in [6.07, 6.45) is 1.64. The van der Waals surface area contributed by atoms with Gasteiger partial charge >= 0.3 is 5.97 Å². The lowest BCUT2D eigenvalue weighted by Crippen LogP contribution is -2.34. The van der Waals surface area contributed by atoms with Gasteiger partial charge in [-0.15, -0.1) is 0 Å². The zero-order valence-corrected chi connectivity index (χ0v) is 13.9. The number of rotatable bonds is 8. The van der Waals surface area contributed by atoms with Crippen molar-refractivity contribution in [3.8, 4) is 0 Å². The molecule has 0 bridgehead atoms. The molecule has 0 unspecified atom stereocenters. The van der Waals surface area contributed by atoms with Gasteiger partial charge in [-0.1, -0.05) is 74.0 Å². The molecule has 0 spiro atoms. The van der Waals surface area contributed by atoms with Crippen LogP contribution < -0.4 is 5.32 Å². The first-order chi connectivity index (χ1) is 11.7. The Balaban J connectivity index is 1.83. The summed E-state index contributed by atoms with van der Waals surface area (Å²) in [5.41, 5.74) is 1.89. The molecule has 126 valence electrons. The fourth-order valence-electron chi connectivity index (χ4n) is 2.49. The SMILES string of the molecule is CCC[C@@H](C(=O)NCC(=O)OCc1ccccc1)c1ccccc1. The molecule has 0 aromatic heterocycles. The maximum absolute atomic E-state index is 12.4. The number of amides is 1. The number of ether oxygens (including phenoxy) is 1. The molecule has 0 radical (unpaired) electrons. The smallest absolute Gasteiger partial charge is 0.325 e. The van der Waals surface area contributed by atoms with E-state index in [4.69, 9.17) is 4.74 Å². The number of esters is 1. The Kier molecular flexibility index (Phi) is 7.02. The van der Waals surface area contributed by atoms with Crippen LogP contribution in [0.1, 0.15) is 36.8 Å². The van der Waals surface area contributed by atoms with Crippen molar-refractivity contribution in [2.45, 2.75) is 32.3 Å². The van der Waals surface area contributed by atoms with Crippen LogP contribution in [-0.4, -0.2) is 18.4 Å². The molecule has 24 heavy (non-hydrogen) atoms. The number of hydrogen-bond donors (Lipinski definition) is 1. The van der Waals surface area contributed by atoms with E-state index in [0.29, 0.717) is 0 Å². The van der Waals surface area contributed by atoms with E-state index in [9.17, 15) is 9.59 Å². The molecular weight excluding hydrogens is 302 g/mol. The predicted octanol–water partition coefficient (Wildman–Crippen LogP) is 3.43. The summed E-state index contributed by atoms with van der Waals surface area (Å²) < 4.78 is 5.17. The third-order valence-electron chi connectivity index (χ3n) is 3.75. The lowest BCUT2D eigenvalue weighted by molar-refractivity contribution is -0.145. The second-order valence-electron chi connectivity index (χ2n) is 5.62. The van der Waals surface area contributed by atoms with Crippen LogP contribution in [0.5, 0.6) is 0 Å². The average Bonchev–Trinajstić information content (AvgIpc) is 2.64. The summed E-state index contributed by atoms with van der Waals surface area (Å²) in [5, 5.41) is 2.69. The Morgan fingerprint density at radius 2 is 1.62 bits per heavy atom. The molecule has 0 saturated heterocycles. The van der Waals surface area contributed by atoms with Crippen molar-refractivity contribution >= 4 is 11.9 Å². The van der Waals surface area contributed by atoms with E-state index in [1.54, 1.807) is 0 Å². The van der Waals surface area contributed by atoms with E-state index >= 15 is 0 Å². The molecule has 0 heterocycles. The van der Waals surface area contributed by atoms with E-state index < -0.39 is 5.97 Å². The van der Waals surface area contributed by atoms with Crippen LogP contribution in [0.4, 0.5) is 0 Å². The van der Waals surface area contributed by atoms with Gasteiger partial charge in [-0.25, -0.2) is 0 Å². The summed E-state index contributed by atoms with van der Waals surface area (Å²) in [6.45, 7) is 2.14. The van der Waals surface area contributed by atoms with Crippen molar-refractivity contribution in [3.05, 3.63) is 71.8 Å². The number of nitrogens with one attached hydrogen (secondary N) is 1. The Bertz CT molecular complexity index is 640. The molecule has 1 N–H and O–H groups in total. The van der Waals surface area contributed by atoms with Crippen LogP contribution in [0.15, 0.2) is 60.7 Å². The number of carbonyl (C=O) groups excluding carboxylic acids is 2. The van der Waals surface area contributed by atoms with Crippen molar-refractivity contribution in [3.63, 3.8) is 0 Å². The topological polar surface area (TPSA) is 55.4 Å². The molecule has 4 nitrogen and oxygen atoms in total. The summed E-state index contributed by atoms with van der Waals surface area (Å²) >= 11 is 0. The third kappa shape index (κ3) is 5.54. The predicted molar refractivity (Wildman–Crippen MR) is 93.3 cm³/mol. The average molecular weight is 325 g/mol. The molecule has 0 aliphatic rings. The number of carbonyl (C=O) groups is 2. The van der Waals surface area contributed by atoms with E-state index in [1.807, 2.05) is 67.6 Å². The second kappa shape index (κ2) is 9.50. The molecule has 2 aromatic carbocycles. The Labute approximate surface area is 142 Å². The minimum Gasteiger partial charge on any atom is -0.460 e. The molecule has 0 aliphatic heterocycles. The first-order valence-corrected chi connectivity index (χ1v) is 8.23. The standard InChI is InChI=1S/C20H23NO3/c1-2-9-18(17-12-7-4-8-13-17)20(23)21-14-19(22)24-15-16-10-5-3-6-11-16/h3-8,10-13,18H,2,9,14-15H2,1H3,(H,21,23)/t18-/m1/s1. The maximum Gasteiger partial charge on any atom is 0.325 e. The molecule has 0 fully saturated rings. The van der Waals surface area contributed by atoms with Gasteiger partial charge in [0.1, 0.15) is 13.2 Å². The van der Waals surface area contributed by atoms with Crippen molar-refractivity contribution in [1.82, 2.24) is 5.32 Å². The third-order valence-corrected chi connectivity index (χ3v) is 3.75. The highest BCUT2D eigenvalue weighted by Gasteiger charge is 2.20. The van der Waals surface area contributed by atoms with Gasteiger partial charge in [-0.05, 0) is 17.5 Å². The first kappa shape index (κ1) is 17.7. The molecule has 0 aliphatic carbocycles. The van der Waals surface area contributed by atoms with Crippen molar-refractivity contribution in [1.29, 1.82) is 0 Å². The highest BCUT2D eigenvalue weighted by atomic mass is 16.5. The first-order valence-electron chi connectivity index (χ1n) is 8.23. The zero-order chi connectivity index (χ0) is 17.2. The van der Waals surface area contributed by atoms with Gasteiger partial charge in [0.05, 0.1) is 5.92 Å². The molecular formula is C20H23NO3. The van der Waals surface area contributed by atoms with Gasteiger partial charge in [0, 0.05) is 0 Å². The Hall–Kier alpha value is -2.62. The van der Waals surface area contributed by atoms with Crippen LogP contribution in [0.3, 0.4) is 0 Å². The van der Waals surface area contributed by atoms with Gasteiger partial charge < -0.3 is 10.1 Å². The Morgan fingerprint density at radius 1 is 1.00 bits per heavy atom. The normalized spacial score (nSPS) is 11.5. The lowest BCUT2D eigenvalue weighted by Gasteiger charge is -2.16. The summed E-state index contributed by atoms with van der Waals surface area (Å²) in [6, 6.07) is 19.1. The van der Waals surface area contributed by atoms with Crippen LogP contribution >= 0.6 is 0 Å². The van der Waals surface area contributed by atoms with E-state index in [-0.39, 0.29) is 25.0 Å². The van der Waals surface area contributed by atoms with Gasteiger partial charge in [0.25, 0.3) is 0 Å². The Morgan fingerprint density at radius 3 is 2.25 bits per heavy atom. The highest BCUT2D eigenvalue weighted by molar-refractivity contribution is 5.86. The summed E-state index contributed by atoms with van der Waals surface area (Å²) in [7, 11) is 0. The second-order valence-corrected chi connectivity index (χ2v) is 5.62. The van der Waals surface area contributed by atoms with E-state index in [2.05, 4.69) is 5.32 Å². The fourth-order valence-corrected chi connectivity index (χ4v) is 2.49. The van der Waals surface area contributed by atoms with Gasteiger partial charge in [0.15, 0.2) is 0 Å². The molecule has 1 amide bonds. The molecule has 4 heteroatoms. The van der Waals surface area contributed by atoms with Crippen LogP contribution in [-0.2, 0) is 20.9 Å². The van der Waals surface area contributed by atoms with Crippen LogP contribution in [0.25, 0.3) is 0 Å². The molecule has 1 atom stereocenters. The fraction of sp³-hybridized carbons (Fsp3) is 0.300. The van der Waals surface area contributed by atoms with Gasteiger partial charge in [-0.3, -0.25) is 9.59 Å². The monoisotopic (exact) mass is 325 g/mol. The summed E-state index contributed by atoms with van der Waals surface area (Å²) in [5.74, 6) is -0.812. The highest BCUT2D eigenvalue weighted by Crippen LogP contribution is 2.21. The van der Waals surface area contributed by atoms with E-state index in [0.717, 1.165) is 24.0 Å². The van der Waals surface area contributed by atoms with Gasteiger partial charge in [-0.2, -0.15) is 0 Å². The van der Waals surface area contributed by atoms with Crippen molar-refractivity contribution in [2.75, 3.05) is 6.54 Å². The minimum atomic E-state index is -0.435. The van der Waals surface area contributed by atoms with Crippen molar-refractivity contribution < 1.29 is 14.3 Å². The summed E-state index contributed by atoms with van der Waals surface area (Å²) in [4.78, 5) is 24.2.